The highest BCUT2D eigenvalue weighted by molar-refractivity contribution is 6.43. The third-order valence-electron chi connectivity index (χ3n) is 3.09. The van der Waals surface area contributed by atoms with Gasteiger partial charge in [-0.1, -0.05) is 23.7 Å². The molecule has 0 aliphatic rings. The number of hydrogen-bond acceptors (Lipinski definition) is 3. The third-order valence-corrected chi connectivity index (χ3v) is 3.42. The van der Waals surface area contributed by atoms with Gasteiger partial charge in [-0.15, -0.1) is 0 Å². The number of ether oxygens (including phenoxy) is 1. The van der Waals surface area contributed by atoms with Crippen LogP contribution in [0.15, 0.2) is 42.5 Å². The van der Waals surface area contributed by atoms with Gasteiger partial charge < -0.3 is 15.4 Å². The average Bonchev–Trinajstić information content (AvgIpc) is 2.56. The van der Waals surface area contributed by atoms with E-state index in [4.69, 9.17) is 16.3 Å². The molecule has 2 aromatic rings. The second-order valence-corrected chi connectivity index (χ2v) is 5.21. The number of para-hydroxylation sites is 2. The SMILES string of the molecule is COc1ccccc1NC(=O)C(=O)Nc1ccc(Cl)c(C(F)(F)F)c1. The van der Waals surface area contributed by atoms with E-state index in [1.54, 1.807) is 18.2 Å². The minimum atomic E-state index is -4.68. The zero-order valence-electron chi connectivity index (χ0n) is 12.8. The molecular formula is C16H12ClF3N2O3. The molecule has 0 bridgehead atoms. The molecular weight excluding hydrogens is 361 g/mol. The van der Waals surface area contributed by atoms with Gasteiger partial charge in [0.05, 0.1) is 23.4 Å². The maximum Gasteiger partial charge on any atom is 0.417 e. The number of nitrogens with one attached hydrogen (secondary N) is 2. The first-order chi connectivity index (χ1) is 11.7. The van der Waals surface area contributed by atoms with Crippen LogP contribution in [0.3, 0.4) is 0 Å². The fraction of sp³-hybridized carbons (Fsp3) is 0.125. The third kappa shape index (κ3) is 4.63. The monoisotopic (exact) mass is 372 g/mol. The van der Waals surface area contributed by atoms with E-state index in [-0.39, 0.29) is 11.4 Å². The Balaban J connectivity index is 2.13. The zero-order valence-corrected chi connectivity index (χ0v) is 13.5. The van der Waals surface area contributed by atoms with Gasteiger partial charge in [-0.25, -0.2) is 0 Å². The number of carbonyl (C=O) groups excluding carboxylic acids is 2. The number of benzene rings is 2. The predicted molar refractivity (Wildman–Crippen MR) is 86.7 cm³/mol. The first kappa shape index (κ1) is 18.6. The lowest BCUT2D eigenvalue weighted by molar-refractivity contribution is -0.137. The summed E-state index contributed by atoms with van der Waals surface area (Å²) in [6.07, 6.45) is -4.68. The smallest absolute Gasteiger partial charge is 0.417 e. The molecule has 132 valence electrons. The van der Waals surface area contributed by atoms with Crippen molar-refractivity contribution >= 4 is 34.8 Å². The van der Waals surface area contributed by atoms with Crippen molar-refractivity contribution in [2.75, 3.05) is 17.7 Å². The van der Waals surface area contributed by atoms with Crippen LogP contribution in [-0.4, -0.2) is 18.9 Å². The topological polar surface area (TPSA) is 67.4 Å². The highest BCUT2D eigenvalue weighted by atomic mass is 35.5. The van der Waals surface area contributed by atoms with Crippen molar-refractivity contribution < 1.29 is 27.5 Å². The van der Waals surface area contributed by atoms with Crippen molar-refractivity contribution in [3.05, 3.63) is 53.1 Å². The summed E-state index contributed by atoms with van der Waals surface area (Å²) in [5, 5.41) is 3.89. The van der Waals surface area contributed by atoms with Gasteiger partial charge >= 0.3 is 18.0 Å². The first-order valence-electron chi connectivity index (χ1n) is 6.84. The van der Waals surface area contributed by atoms with E-state index in [0.717, 1.165) is 12.1 Å². The molecule has 0 heterocycles. The Hall–Kier alpha value is -2.74. The Morgan fingerprint density at radius 2 is 1.68 bits per heavy atom. The number of halogens is 4. The largest absolute Gasteiger partial charge is 0.495 e. The summed E-state index contributed by atoms with van der Waals surface area (Å²) in [6.45, 7) is 0. The first-order valence-corrected chi connectivity index (χ1v) is 7.22. The number of hydrogen-bond donors (Lipinski definition) is 2. The van der Waals surface area contributed by atoms with Gasteiger partial charge in [0, 0.05) is 5.69 Å². The van der Waals surface area contributed by atoms with Crippen LogP contribution in [0.25, 0.3) is 0 Å². The van der Waals surface area contributed by atoms with Gasteiger partial charge in [0.2, 0.25) is 0 Å². The lowest BCUT2D eigenvalue weighted by atomic mass is 10.2. The lowest BCUT2D eigenvalue weighted by Gasteiger charge is -2.12. The molecule has 9 heteroatoms. The Bertz CT molecular complexity index is 809. The van der Waals surface area contributed by atoms with E-state index in [9.17, 15) is 22.8 Å². The normalized spacial score (nSPS) is 10.9. The van der Waals surface area contributed by atoms with E-state index in [1.165, 1.54) is 13.2 Å². The molecule has 0 saturated carbocycles. The standard InChI is InChI=1S/C16H12ClF3N2O3/c1-25-13-5-3-2-4-12(13)22-15(24)14(23)21-9-6-7-11(17)10(8-9)16(18,19)20/h2-8H,1H3,(H,21,23)(H,22,24). The molecule has 0 aliphatic carbocycles. The molecule has 2 rings (SSSR count). The van der Waals surface area contributed by atoms with Gasteiger partial charge in [0.15, 0.2) is 0 Å². The van der Waals surface area contributed by atoms with Crippen molar-refractivity contribution in [2.24, 2.45) is 0 Å². The van der Waals surface area contributed by atoms with E-state index in [1.807, 2.05) is 0 Å². The number of amides is 2. The molecule has 0 saturated heterocycles. The van der Waals surface area contributed by atoms with Crippen molar-refractivity contribution in [3.8, 4) is 5.75 Å². The quantitative estimate of drug-likeness (QED) is 0.802. The molecule has 0 atom stereocenters. The summed E-state index contributed by atoms with van der Waals surface area (Å²) in [4.78, 5) is 23.8. The van der Waals surface area contributed by atoms with Crippen molar-refractivity contribution in [2.45, 2.75) is 6.18 Å². The lowest BCUT2D eigenvalue weighted by Crippen LogP contribution is -2.29. The second kappa shape index (κ2) is 7.43. The number of carbonyl (C=O) groups is 2. The summed E-state index contributed by atoms with van der Waals surface area (Å²) in [7, 11) is 1.39. The van der Waals surface area contributed by atoms with E-state index < -0.39 is 28.6 Å². The number of rotatable bonds is 3. The molecule has 0 radical (unpaired) electrons. The number of methoxy groups -OCH3 is 1. The van der Waals surface area contributed by atoms with Crippen LogP contribution < -0.4 is 15.4 Å². The van der Waals surface area contributed by atoms with Crippen LogP contribution in [0, 0.1) is 0 Å². The van der Waals surface area contributed by atoms with E-state index in [2.05, 4.69) is 10.6 Å². The van der Waals surface area contributed by atoms with Crippen LogP contribution in [-0.2, 0) is 15.8 Å². The van der Waals surface area contributed by atoms with Gasteiger partial charge in [-0.2, -0.15) is 13.2 Å². The molecule has 0 aliphatic heterocycles. The Morgan fingerprint density at radius 1 is 1.04 bits per heavy atom. The maximum atomic E-state index is 12.8. The summed E-state index contributed by atoms with van der Waals surface area (Å²) in [5.74, 6) is -1.87. The molecule has 0 spiro atoms. The minimum absolute atomic E-state index is 0.211. The van der Waals surface area contributed by atoms with Crippen LogP contribution in [0.2, 0.25) is 5.02 Å². The fourth-order valence-electron chi connectivity index (χ4n) is 1.94. The average molecular weight is 373 g/mol. The van der Waals surface area contributed by atoms with Crippen LogP contribution in [0.1, 0.15) is 5.56 Å². The second-order valence-electron chi connectivity index (χ2n) is 4.80. The summed E-state index contributed by atoms with van der Waals surface area (Å²) >= 11 is 5.49. The van der Waals surface area contributed by atoms with Crippen LogP contribution in [0.4, 0.5) is 24.5 Å². The zero-order chi connectivity index (χ0) is 18.6. The summed E-state index contributed by atoms with van der Waals surface area (Å²) in [5.41, 5.74) is -1.08. The molecule has 0 aromatic heterocycles. The molecule has 2 N–H and O–H groups in total. The Kier molecular flexibility index (Phi) is 5.53. The predicted octanol–water partition coefficient (Wildman–Crippen LogP) is 3.94. The number of alkyl halides is 3. The number of anilines is 2. The van der Waals surface area contributed by atoms with Crippen molar-refractivity contribution in [3.63, 3.8) is 0 Å². The minimum Gasteiger partial charge on any atom is -0.495 e. The fourth-order valence-corrected chi connectivity index (χ4v) is 2.16. The van der Waals surface area contributed by atoms with Crippen molar-refractivity contribution in [1.82, 2.24) is 0 Å². The van der Waals surface area contributed by atoms with Gasteiger partial charge in [0.25, 0.3) is 0 Å². The summed E-state index contributed by atoms with van der Waals surface area (Å²) < 4.78 is 43.4. The van der Waals surface area contributed by atoms with Gasteiger partial charge in [0.1, 0.15) is 5.75 Å². The van der Waals surface area contributed by atoms with Crippen LogP contribution >= 0.6 is 11.6 Å². The summed E-state index contributed by atoms with van der Waals surface area (Å²) in [6, 6.07) is 9.16. The Labute approximate surface area is 145 Å². The highest BCUT2D eigenvalue weighted by Gasteiger charge is 2.33. The van der Waals surface area contributed by atoms with Crippen LogP contribution in [0.5, 0.6) is 5.75 Å². The highest BCUT2D eigenvalue weighted by Crippen LogP contribution is 2.36. The van der Waals surface area contributed by atoms with Gasteiger partial charge in [-0.05, 0) is 30.3 Å². The van der Waals surface area contributed by atoms with E-state index in [0.29, 0.717) is 11.8 Å². The molecule has 0 fully saturated rings. The van der Waals surface area contributed by atoms with E-state index >= 15 is 0 Å². The molecule has 0 unspecified atom stereocenters. The maximum absolute atomic E-state index is 12.8. The molecule has 2 aromatic carbocycles. The Morgan fingerprint density at radius 3 is 2.32 bits per heavy atom. The molecule has 25 heavy (non-hydrogen) atoms. The van der Waals surface area contributed by atoms with Crippen molar-refractivity contribution in [1.29, 1.82) is 0 Å². The molecule has 2 amide bonds. The van der Waals surface area contributed by atoms with Gasteiger partial charge in [-0.3, -0.25) is 9.59 Å². The molecule has 5 nitrogen and oxygen atoms in total.